The summed E-state index contributed by atoms with van der Waals surface area (Å²) in [6.07, 6.45) is 15.8. The molecular formula is C60H73F3N6O8. The number of ether oxygens (including phenoxy) is 3. The second-order valence-electron chi connectivity index (χ2n) is 25.1. The average molecular weight is 1060 g/mol. The summed E-state index contributed by atoms with van der Waals surface area (Å²) >= 11 is 0. The van der Waals surface area contributed by atoms with E-state index in [4.69, 9.17) is 25.6 Å². The van der Waals surface area contributed by atoms with E-state index < -0.39 is 41.7 Å². The van der Waals surface area contributed by atoms with Crippen molar-refractivity contribution in [2.75, 3.05) is 37.7 Å². The highest BCUT2D eigenvalue weighted by Crippen LogP contribution is 2.68. The van der Waals surface area contributed by atoms with E-state index in [1.807, 2.05) is 4.90 Å². The molecule has 8 fully saturated rings. The maximum absolute atomic E-state index is 17.4. The predicted molar refractivity (Wildman–Crippen MR) is 282 cm³/mol. The number of phenols is 1. The molecule has 2 bridgehead atoms. The van der Waals surface area contributed by atoms with E-state index in [9.17, 15) is 29.3 Å². The van der Waals surface area contributed by atoms with Gasteiger partial charge in [0.05, 0.1) is 40.8 Å². The van der Waals surface area contributed by atoms with E-state index in [0.717, 1.165) is 70.8 Å². The number of anilines is 1. The van der Waals surface area contributed by atoms with Crippen LogP contribution in [0.1, 0.15) is 130 Å². The number of hydrogen-bond donors (Lipinski definition) is 3. The number of phenolic OH excluding ortho intramolecular Hbond substituents is 1. The van der Waals surface area contributed by atoms with Gasteiger partial charge in [-0.1, -0.05) is 32.8 Å². The molecule has 4 aliphatic carbocycles. The number of aromatic nitrogens is 3. The number of esters is 1. The first-order valence-electron chi connectivity index (χ1n) is 28.5. The SMILES string of the molecule is C#Cc1c(F)ccc2cc(O)cc(-c3ncc4c(N5CC6CCC(C5)N6C(=O)OC(C)OC(=O)CC[C@H](C)[C@@H]5CC[C@@H]6[C@H]7[C@H](O)C[C@H]8C[C@@H](O)CC[C@@]8(C)[C@@H]7CC[C@]65C)nc(OC[C@@]56CCCN5C[C@H](F)C6)nc4c3F)c12. The molecule has 6 heterocycles. The molecule has 412 valence electrons. The standard InChI is InChI=1S/C60H73F3N6O8/c1-6-41-47(62)14-9-34-22-40(71)25-42(50(34)41)53-52(63)54-43(27-64-53)55(66-56(65-54)75-31-60-18-7-21-68(60)28-36(61)26-60)67-29-37-10-11-38(30-67)69(37)57(74)77-33(3)76-49(73)15-8-32(2)44-12-13-45-51-46(17-20-59(44,45)5)58(4)19-16-39(70)23-35(58)24-48(51)72/h1,9,14,22,25,27,32-33,35-39,44-46,48,51,70-72H,7-8,10-13,15-21,23-24,26,28-31H2,2-5H3/t32-,33?,35+,36+,37?,38?,39-,44-,45+,46+,48+,51+,58+,59-,60-/m0/s1. The van der Waals surface area contributed by atoms with Crippen molar-refractivity contribution >= 4 is 39.6 Å². The molecule has 2 aromatic carbocycles. The number of nitrogens with zero attached hydrogens (tertiary/aromatic N) is 6. The minimum absolute atomic E-state index is 0.0695. The molecule has 77 heavy (non-hydrogen) atoms. The number of benzene rings is 2. The van der Waals surface area contributed by atoms with E-state index in [-0.39, 0.29) is 105 Å². The molecule has 8 aliphatic rings. The first kappa shape index (κ1) is 52.3. The molecule has 15 atom stereocenters. The van der Waals surface area contributed by atoms with Crippen LogP contribution in [0, 0.1) is 70.3 Å². The van der Waals surface area contributed by atoms with Crippen molar-refractivity contribution in [2.24, 2.45) is 46.3 Å². The van der Waals surface area contributed by atoms with Gasteiger partial charge in [-0.25, -0.2) is 18.0 Å². The highest BCUT2D eigenvalue weighted by molar-refractivity contribution is 6.03. The summed E-state index contributed by atoms with van der Waals surface area (Å²) < 4.78 is 65.3. The van der Waals surface area contributed by atoms with Gasteiger partial charge in [-0.3, -0.25) is 19.6 Å². The smallest absolute Gasteiger partial charge is 0.413 e. The van der Waals surface area contributed by atoms with Gasteiger partial charge < -0.3 is 34.4 Å². The fourth-order valence-corrected chi connectivity index (χ4v) is 17.5. The summed E-state index contributed by atoms with van der Waals surface area (Å²) in [5, 5.41) is 33.8. The highest BCUT2D eigenvalue weighted by atomic mass is 19.1. The van der Waals surface area contributed by atoms with Crippen molar-refractivity contribution in [3.63, 3.8) is 0 Å². The molecule has 14 nitrogen and oxygen atoms in total. The molecule has 4 saturated heterocycles. The number of rotatable bonds is 11. The van der Waals surface area contributed by atoms with Crippen LogP contribution >= 0.6 is 0 Å². The number of aromatic hydroxyl groups is 1. The molecule has 3 unspecified atom stereocenters. The van der Waals surface area contributed by atoms with Gasteiger partial charge in [-0.2, -0.15) is 9.97 Å². The van der Waals surface area contributed by atoms with Crippen molar-refractivity contribution in [1.82, 2.24) is 24.8 Å². The zero-order chi connectivity index (χ0) is 53.9. The number of carbonyl (C=O) groups is 2. The minimum Gasteiger partial charge on any atom is -0.508 e. The minimum atomic E-state index is -1.13. The maximum atomic E-state index is 17.4. The molecule has 1 amide bonds. The third-order valence-electron chi connectivity index (χ3n) is 21.1. The summed E-state index contributed by atoms with van der Waals surface area (Å²) in [5.74, 6) is 2.74. The Kier molecular flexibility index (Phi) is 13.4. The van der Waals surface area contributed by atoms with Crippen LogP contribution in [-0.2, 0) is 14.3 Å². The third-order valence-corrected chi connectivity index (χ3v) is 21.1. The molecule has 17 heteroatoms. The zero-order valence-corrected chi connectivity index (χ0v) is 44.7. The molecule has 0 radical (unpaired) electrons. The zero-order valence-electron chi connectivity index (χ0n) is 44.7. The van der Waals surface area contributed by atoms with Crippen molar-refractivity contribution in [1.29, 1.82) is 0 Å². The number of carbonyl (C=O) groups excluding carboxylic acids is 2. The van der Waals surface area contributed by atoms with E-state index in [2.05, 4.69) is 41.6 Å². The predicted octanol–water partition coefficient (Wildman–Crippen LogP) is 9.85. The fraction of sp³-hybridized carbons (Fsp3) is 0.650. The summed E-state index contributed by atoms with van der Waals surface area (Å²) in [6.45, 7) is 10.4. The number of hydrogen-bond acceptors (Lipinski definition) is 13. The normalized spacial score (nSPS) is 35.2. The van der Waals surface area contributed by atoms with Crippen molar-refractivity contribution in [2.45, 2.75) is 166 Å². The van der Waals surface area contributed by atoms with Crippen LogP contribution in [0.4, 0.5) is 23.8 Å². The number of alkyl halides is 1. The number of aliphatic hydroxyl groups excluding tert-OH is 2. The largest absolute Gasteiger partial charge is 0.508 e. The number of fused-ring (bicyclic) bond motifs is 10. The molecule has 12 rings (SSSR count). The second kappa shape index (κ2) is 19.7. The van der Waals surface area contributed by atoms with E-state index in [0.29, 0.717) is 80.2 Å². The van der Waals surface area contributed by atoms with Crippen LogP contribution in [-0.4, -0.2) is 127 Å². The van der Waals surface area contributed by atoms with Gasteiger partial charge in [0.1, 0.15) is 41.4 Å². The van der Waals surface area contributed by atoms with Crippen LogP contribution < -0.4 is 9.64 Å². The molecule has 2 aromatic heterocycles. The van der Waals surface area contributed by atoms with Gasteiger partial charge in [0.15, 0.2) is 5.82 Å². The third kappa shape index (κ3) is 8.85. The Labute approximate surface area is 448 Å². The Morgan fingerprint density at radius 1 is 0.935 bits per heavy atom. The summed E-state index contributed by atoms with van der Waals surface area (Å²) in [5.41, 5.74) is -0.706. The van der Waals surface area contributed by atoms with Gasteiger partial charge in [0.25, 0.3) is 0 Å². The van der Waals surface area contributed by atoms with Crippen molar-refractivity contribution in [3.05, 3.63) is 47.7 Å². The molecular weight excluding hydrogens is 990 g/mol. The maximum Gasteiger partial charge on any atom is 0.413 e. The molecule has 0 spiro atoms. The Morgan fingerprint density at radius 3 is 2.48 bits per heavy atom. The monoisotopic (exact) mass is 1060 g/mol. The van der Waals surface area contributed by atoms with Crippen LogP contribution in [0.5, 0.6) is 11.8 Å². The Balaban J connectivity index is 0.722. The molecule has 4 aromatic rings. The topological polar surface area (TPSA) is 171 Å². The average Bonchev–Trinajstić information content (AvgIpc) is 4.36. The number of pyridine rings is 1. The highest BCUT2D eigenvalue weighted by Gasteiger charge is 2.63. The lowest BCUT2D eigenvalue weighted by Gasteiger charge is -2.62. The Hall–Kier alpha value is -5.44. The first-order valence-corrected chi connectivity index (χ1v) is 28.5. The van der Waals surface area contributed by atoms with Gasteiger partial charge in [0, 0.05) is 56.5 Å². The summed E-state index contributed by atoms with van der Waals surface area (Å²) in [4.78, 5) is 47.2. The Morgan fingerprint density at radius 2 is 1.70 bits per heavy atom. The lowest BCUT2D eigenvalue weighted by atomic mass is 9.43. The quantitative estimate of drug-likeness (QED) is 0.0738. The van der Waals surface area contributed by atoms with Gasteiger partial charge in [-0.15, -0.1) is 6.42 Å². The van der Waals surface area contributed by atoms with Crippen LogP contribution in [0.25, 0.3) is 32.9 Å². The fourth-order valence-electron chi connectivity index (χ4n) is 17.5. The van der Waals surface area contributed by atoms with E-state index >= 15 is 8.78 Å². The van der Waals surface area contributed by atoms with Gasteiger partial charge >= 0.3 is 18.1 Å². The van der Waals surface area contributed by atoms with Gasteiger partial charge in [-0.05, 0) is 160 Å². The molecule has 4 saturated carbocycles. The van der Waals surface area contributed by atoms with Crippen LogP contribution in [0.2, 0.25) is 0 Å². The van der Waals surface area contributed by atoms with E-state index in [1.54, 1.807) is 11.8 Å². The lowest BCUT2D eigenvalue weighted by molar-refractivity contribution is -0.174. The summed E-state index contributed by atoms with van der Waals surface area (Å²) in [7, 11) is 0. The van der Waals surface area contributed by atoms with E-state index in [1.165, 1.54) is 30.5 Å². The lowest BCUT2D eigenvalue weighted by Crippen LogP contribution is -2.58. The van der Waals surface area contributed by atoms with Crippen molar-refractivity contribution in [3.8, 4) is 35.4 Å². The number of halogens is 3. The van der Waals surface area contributed by atoms with Crippen molar-refractivity contribution < 1.29 is 52.3 Å². The number of amides is 1. The van der Waals surface area contributed by atoms with Crippen LogP contribution in [0.3, 0.4) is 0 Å². The number of piperazine rings is 1. The second-order valence-corrected chi connectivity index (χ2v) is 25.1. The molecule has 3 N–H and O–H groups in total. The first-order chi connectivity index (χ1) is 36.9. The Bertz CT molecular complexity index is 3020. The summed E-state index contributed by atoms with van der Waals surface area (Å²) in [6, 6.07) is 4.56. The van der Waals surface area contributed by atoms with Gasteiger partial charge in [0.2, 0.25) is 6.29 Å². The van der Waals surface area contributed by atoms with Crippen LogP contribution in [0.15, 0.2) is 30.5 Å². The molecule has 4 aliphatic heterocycles. The number of aliphatic hydroxyl groups is 2. The number of terminal acetylenes is 1.